The van der Waals surface area contributed by atoms with Crippen molar-refractivity contribution >= 4 is 44.4 Å². The molecule has 0 spiro atoms. The number of aromatic nitrogens is 2. The molecule has 4 nitrogen and oxygen atoms in total. The standard InChI is InChI=1S/C11H8BrClN2O2/c1-2-17-11(16)7-4-15-10-6(9(7)13)3-14-5-8(10)12/h3-5H,2H2,1H3. The average molecular weight is 316 g/mol. The Bertz CT molecular complexity index is 589. The van der Waals surface area contributed by atoms with Gasteiger partial charge in [0.1, 0.15) is 0 Å². The lowest BCUT2D eigenvalue weighted by Gasteiger charge is -2.06. The van der Waals surface area contributed by atoms with Gasteiger partial charge in [0, 0.05) is 24.0 Å². The van der Waals surface area contributed by atoms with Crippen molar-refractivity contribution in [1.82, 2.24) is 9.97 Å². The maximum Gasteiger partial charge on any atom is 0.341 e. The lowest BCUT2D eigenvalue weighted by molar-refractivity contribution is 0.0526. The zero-order valence-electron chi connectivity index (χ0n) is 8.91. The third-order valence-electron chi connectivity index (χ3n) is 2.16. The molecule has 2 rings (SSSR count). The Morgan fingerprint density at radius 2 is 2.24 bits per heavy atom. The van der Waals surface area contributed by atoms with Crippen LogP contribution < -0.4 is 0 Å². The second-order valence-corrected chi connectivity index (χ2v) is 4.46. The number of hydrogen-bond acceptors (Lipinski definition) is 4. The van der Waals surface area contributed by atoms with E-state index in [4.69, 9.17) is 16.3 Å². The number of halogens is 2. The van der Waals surface area contributed by atoms with E-state index in [1.165, 1.54) is 6.20 Å². The molecule has 0 saturated carbocycles. The van der Waals surface area contributed by atoms with Gasteiger partial charge in [-0.05, 0) is 22.9 Å². The zero-order valence-corrected chi connectivity index (χ0v) is 11.2. The largest absolute Gasteiger partial charge is 0.462 e. The second-order valence-electron chi connectivity index (χ2n) is 3.22. The van der Waals surface area contributed by atoms with E-state index in [0.29, 0.717) is 22.5 Å². The van der Waals surface area contributed by atoms with Crippen molar-refractivity contribution in [2.75, 3.05) is 6.61 Å². The summed E-state index contributed by atoms with van der Waals surface area (Å²) in [5.74, 6) is -0.480. The summed E-state index contributed by atoms with van der Waals surface area (Å²) in [5.41, 5.74) is 0.916. The molecule has 0 N–H and O–H groups in total. The van der Waals surface area contributed by atoms with Crippen molar-refractivity contribution in [3.05, 3.63) is 33.6 Å². The Hall–Kier alpha value is -1.20. The van der Waals surface area contributed by atoms with Crippen molar-refractivity contribution in [2.24, 2.45) is 0 Å². The van der Waals surface area contributed by atoms with Gasteiger partial charge in [0.15, 0.2) is 0 Å². The minimum atomic E-state index is -0.480. The topological polar surface area (TPSA) is 52.1 Å². The van der Waals surface area contributed by atoms with Gasteiger partial charge >= 0.3 is 5.97 Å². The SMILES string of the molecule is CCOC(=O)c1cnc2c(Br)cncc2c1Cl. The number of carbonyl (C=O) groups is 1. The predicted molar refractivity (Wildman–Crippen MR) is 68.2 cm³/mol. The van der Waals surface area contributed by atoms with Crippen LogP contribution in [0.15, 0.2) is 23.1 Å². The summed E-state index contributed by atoms with van der Waals surface area (Å²) < 4.78 is 5.62. The molecule has 2 aromatic rings. The lowest BCUT2D eigenvalue weighted by Crippen LogP contribution is -2.06. The average Bonchev–Trinajstić information content (AvgIpc) is 2.31. The first-order chi connectivity index (χ1) is 8.15. The van der Waals surface area contributed by atoms with Crippen LogP contribution in [0.25, 0.3) is 10.9 Å². The van der Waals surface area contributed by atoms with E-state index < -0.39 is 5.97 Å². The number of rotatable bonds is 2. The normalized spacial score (nSPS) is 10.5. The van der Waals surface area contributed by atoms with Gasteiger partial charge in [-0.3, -0.25) is 9.97 Å². The van der Waals surface area contributed by atoms with Crippen molar-refractivity contribution in [3.63, 3.8) is 0 Å². The van der Waals surface area contributed by atoms with Gasteiger partial charge in [-0.1, -0.05) is 11.6 Å². The van der Waals surface area contributed by atoms with E-state index in [0.717, 1.165) is 4.47 Å². The summed E-state index contributed by atoms with van der Waals surface area (Å²) in [6, 6.07) is 0. The highest BCUT2D eigenvalue weighted by Gasteiger charge is 2.16. The fourth-order valence-corrected chi connectivity index (χ4v) is 2.10. The number of fused-ring (bicyclic) bond motifs is 1. The van der Waals surface area contributed by atoms with Crippen LogP contribution in [0.5, 0.6) is 0 Å². The third kappa shape index (κ3) is 2.25. The maximum atomic E-state index is 11.6. The molecule has 88 valence electrons. The van der Waals surface area contributed by atoms with Crippen LogP contribution in [0.4, 0.5) is 0 Å². The molecule has 2 heterocycles. The Balaban J connectivity index is 2.62. The highest BCUT2D eigenvalue weighted by atomic mass is 79.9. The molecule has 0 bridgehead atoms. The maximum absolute atomic E-state index is 11.6. The summed E-state index contributed by atoms with van der Waals surface area (Å²) in [7, 11) is 0. The van der Waals surface area contributed by atoms with Crippen LogP contribution in [0, 0.1) is 0 Å². The number of carbonyl (C=O) groups excluding carboxylic acids is 1. The molecule has 0 aliphatic heterocycles. The van der Waals surface area contributed by atoms with Crippen LogP contribution >= 0.6 is 27.5 Å². The molecule has 2 aromatic heterocycles. The van der Waals surface area contributed by atoms with E-state index in [9.17, 15) is 4.79 Å². The van der Waals surface area contributed by atoms with Crippen LogP contribution in [-0.4, -0.2) is 22.5 Å². The van der Waals surface area contributed by atoms with Crippen LogP contribution in [0.1, 0.15) is 17.3 Å². The number of nitrogens with zero attached hydrogens (tertiary/aromatic N) is 2. The minimum absolute atomic E-state index is 0.251. The monoisotopic (exact) mass is 314 g/mol. The van der Waals surface area contributed by atoms with E-state index in [-0.39, 0.29) is 5.56 Å². The molecule has 0 fully saturated rings. The molecule has 0 radical (unpaired) electrons. The second kappa shape index (κ2) is 4.98. The fourth-order valence-electron chi connectivity index (χ4n) is 1.40. The number of pyridine rings is 2. The Kier molecular flexibility index (Phi) is 3.59. The number of esters is 1. The van der Waals surface area contributed by atoms with Crippen molar-refractivity contribution in [1.29, 1.82) is 0 Å². The van der Waals surface area contributed by atoms with E-state index in [2.05, 4.69) is 25.9 Å². The Morgan fingerprint density at radius 1 is 1.47 bits per heavy atom. The molecule has 6 heteroatoms. The van der Waals surface area contributed by atoms with Crippen molar-refractivity contribution in [3.8, 4) is 0 Å². The van der Waals surface area contributed by atoms with E-state index >= 15 is 0 Å². The lowest BCUT2D eigenvalue weighted by atomic mass is 10.2. The van der Waals surface area contributed by atoms with Crippen LogP contribution in [-0.2, 0) is 4.74 Å². The molecule has 0 amide bonds. The zero-order chi connectivity index (χ0) is 12.4. The summed E-state index contributed by atoms with van der Waals surface area (Å²) in [4.78, 5) is 19.8. The van der Waals surface area contributed by atoms with Crippen molar-refractivity contribution < 1.29 is 9.53 Å². The molecule has 0 unspecified atom stereocenters. The van der Waals surface area contributed by atoms with E-state index in [1.54, 1.807) is 19.3 Å². The first-order valence-electron chi connectivity index (χ1n) is 4.90. The molecule has 0 aliphatic rings. The van der Waals surface area contributed by atoms with Gasteiger partial charge in [-0.15, -0.1) is 0 Å². The molecular weight excluding hydrogens is 307 g/mol. The Labute approximate surface area is 111 Å². The van der Waals surface area contributed by atoms with Gasteiger partial charge in [0.05, 0.1) is 27.2 Å². The molecule has 0 saturated heterocycles. The van der Waals surface area contributed by atoms with Gasteiger partial charge in [-0.2, -0.15) is 0 Å². The highest BCUT2D eigenvalue weighted by Crippen LogP contribution is 2.29. The van der Waals surface area contributed by atoms with Gasteiger partial charge in [-0.25, -0.2) is 4.79 Å². The Morgan fingerprint density at radius 3 is 2.94 bits per heavy atom. The van der Waals surface area contributed by atoms with Crippen LogP contribution in [0.2, 0.25) is 5.02 Å². The summed E-state index contributed by atoms with van der Waals surface area (Å²) in [6.07, 6.45) is 4.60. The van der Waals surface area contributed by atoms with Crippen LogP contribution in [0.3, 0.4) is 0 Å². The van der Waals surface area contributed by atoms with E-state index in [1.807, 2.05) is 0 Å². The molecule has 0 aromatic carbocycles. The third-order valence-corrected chi connectivity index (χ3v) is 3.15. The first-order valence-corrected chi connectivity index (χ1v) is 6.07. The number of ether oxygens (including phenoxy) is 1. The highest BCUT2D eigenvalue weighted by molar-refractivity contribution is 9.10. The first kappa shape index (κ1) is 12.3. The molecular formula is C11H8BrClN2O2. The summed E-state index contributed by atoms with van der Waals surface area (Å²) in [6.45, 7) is 2.03. The fraction of sp³-hybridized carbons (Fsp3) is 0.182. The minimum Gasteiger partial charge on any atom is -0.462 e. The van der Waals surface area contributed by atoms with Gasteiger partial charge < -0.3 is 4.74 Å². The predicted octanol–water partition coefficient (Wildman–Crippen LogP) is 3.22. The van der Waals surface area contributed by atoms with Gasteiger partial charge in [0.2, 0.25) is 0 Å². The number of hydrogen-bond donors (Lipinski definition) is 0. The van der Waals surface area contributed by atoms with Gasteiger partial charge in [0.25, 0.3) is 0 Å². The smallest absolute Gasteiger partial charge is 0.341 e. The quantitative estimate of drug-likeness (QED) is 0.798. The summed E-state index contributed by atoms with van der Waals surface area (Å²) >= 11 is 9.47. The molecule has 0 atom stereocenters. The molecule has 0 aliphatic carbocycles. The van der Waals surface area contributed by atoms with Crippen molar-refractivity contribution in [2.45, 2.75) is 6.92 Å². The summed E-state index contributed by atoms with van der Waals surface area (Å²) in [5, 5.41) is 0.925. The molecule has 17 heavy (non-hydrogen) atoms.